The van der Waals surface area contributed by atoms with Gasteiger partial charge in [-0.2, -0.15) is 5.10 Å². The Labute approximate surface area is 146 Å². The predicted molar refractivity (Wildman–Crippen MR) is 88.4 cm³/mol. The number of cyclic esters (lactones) is 1. The minimum atomic E-state index is -0.320. The summed E-state index contributed by atoms with van der Waals surface area (Å²) in [5, 5.41) is 4.88. The molecule has 2 aromatic rings. The standard InChI is InChI=1S/C15H14BrClN4O2/c1-20-7-12(16)13(19-20)8-21(11-4-15(22)23-9-11)6-10-2-3-14(17)18-5-10/h2-5,7H,6,8-9H2,1H3. The summed E-state index contributed by atoms with van der Waals surface area (Å²) in [5.41, 5.74) is 2.69. The summed E-state index contributed by atoms with van der Waals surface area (Å²) < 4.78 is 7.69. The van der Waals surface area contributed by atoms with Crippen molar-refractivity contribution in [3.63, 3.8) is 0 Å². The first-order chi connectivity index (χ1) is 11.0. The van der Waals surface area contributed by atoms with Gasteiger partial charge in [0.05, 0.1) is 22.4 Å². The first-order valence-electron chi connectivity index (χ1n) is 6.92. The Bertz CT molecular complexity index is 757. The lowest BCUT2D eigenvalue weighted by atomic mass is 10.2. The Morgan fingerprint density at radius 3 is 2.83 bits per heavy atom. The van der Waals surface area contributed by atoms with E-state index in [4.69, 9.17) is 16.3 Å². The summed E-state index contributed by atoms with van der Waals surface area (Å²) in [6.45, 7) is 1.40. The molecule has 0 saturated carbocycles. The predicted octanol–water partition coefficient (Wildman–Crippen LogP) is 2.67. The van der Waals surface area contributed by atoms with Gasteiger partial charge in [0.25, 0.3) is 0 Å². The highest BCUT2D eigenvalue weighted by atomic mass is 79.9. The van der Waals surface area contributed by atoms with Gasteiger partial charge >= 0.3 is 5.97 Å². The molecule has 0 aromatic carbocycles. The molecule has 23 heavy (non-hydrogen) atoms. The molecule has 0 aliphatic carbocycles. The molecule has 0 amide bonds. The second-order valence-corrected chi connectivity index (χ2v) is 6.43. The van der Waals surface area contributed by atoms with E-state index in [9.17, 15) is 4.79 Å². The number of halogens is 2. The third kappa shape index (κ3) is 3.92. The minimum absolute atomic E-state index is 0.268. The Hall–Kier alpha value is -1.86. The molecule has 0 bridgehead atoms. The molecule has 2 aromatic heterocycles. The van der Waals surface area contributed by atoms with E-state index in [0.717, 1.165) is 21.4 Å². The van der Waals surface area contributed by atoms with E-state index in [1.54, 1.807) is 16.9 Å². The van der Waals surface area contributed by atoms with Gasteiger partial charge in [0, 0.05) is 32.1 Å². The molecule has 0 fully saturated rings. The lowest BCUT2D eigenvalue weighted by Crippen LogP contribution is -2.23. The van der Waals surface area contributed by atoms with Gasteiger partial charge < -0.3 is 9.64 Å². The first-order valence-corrected chi connectivity index (χ1v) is 8.09. The molecule has 8 heteroatoms. The highest BCUT2D eigenvalue weighted by Gasteiger charge is 2.21. The fourth-order valence-corrected chi connectivity index (χ4v) is 2.93. The van der Waals surface area contributed by atoms with Crippen LogP contribution in [0.4, 0.5) is 0 Å². The topological polar surface area (TPSA) is 60.2 Å². The molecule has 1 aliphatic rings. The number of pyridine rings is 1. The SMILES string of the molecule is Cn1cc(Br)c(CN(Cc2ccc(Cl)nc2)C2=CC(=O)OC2)n1. The molecule has 0 radical (unpaired) electrons. The largest absolute Gasteiger partial charge is 0.456 e. The van der Waals surface area contributed by atoms with E-state index in [0.29, 0.717) is 18.2 Å². The summed E-state index contributed by atoms with van der Waals surface area (Å²) in [5.74, 6) is -0.320. The van der Waals surface area contributed by atoms with E-state index in [2.05, 4.69) is 26.0 Å². The number of rotatable bonds is 5. The van der Waals surface area contributed by atoms with Crippen molar-refractivity contribution in [1.82, 2.24) is 19.7 Å². The van der Waals surface area contributed by atoms with Crippen molar-refractivity contribution in [1.29, 1.82) is 0 Å². The van der Waals surface area contributed by atoms with E-state index >= 15 is 0 Å². The zero-order valence-corrected chi connectivity index (χ0v) is 14.7. The molecule has 1 aliphatic heterocycles. The number of carbonyl (C=O) groups is 1. The minimum Gasteiger partial charge on any atom is -0.456 e. The van der Waals surface area contributed by atoms with Gasteiger partial charge in [-0.1, -0.05) is 17.7 Å². The van der Waals surface area contributed by atoms with Crippen LogP contribution >= 0.6 is 27.5 Å². The van der Waals surface area contributed by atoms with Crippen LogP contribution in [0.1, 0.15) is 11.3 Å². The summed E-state index contributed by atoms with van der Waals surface area (Å²) in [6, 6.07) is 3.66. The lowest BCUT2D eigenvalue weighted by molar-refractivity contribution is -0.135. The fraction of sp³-hybridized carbons (Fsp3) is 0.267. The van der Waals surface area contributed by atoms with Crippen LogP contribution in [0, 0.1) is 0 Å². The first kappa shape index (κ1) is 16.0. The normalized spacial score (nSPS) is 13.9. The lowest BCUT2D eigenvalue weighted by Gasteiger charge is -2.24. The number of hydrogen-bond donors (Lipinski definition) is 0. The van der Waals surface area contributed by atoms with Gasteiger partial charge in [-0.15, -0.1) is 0 Å². The van der Waals surface area contributed by atoms with Crippen molar-refractivity contribution < 1.29 is 9.53 Å². The maximum atomic E-state index is 11.4. The van der Waals surface area contributed by atoms with Crippen LogP contribution in [-0.4, -0.2) is 32.2 Å². The molecule has 0 spiro atoms. The van der Waals surface area contributed by atoms with Gasteiger partial charge in [0.1, 0.15) is 11.8 Å². The van der Waals surface area contributed by atoms with E-state index in [1.165, 1.54) is 6.08 Å². The summed E-state index contributed by atoms with van der Waals surface area (Å²) >= 11 is 9.33. The molecular weight excluding hydrogens is 384 g/mol. The number of ether oxygens (including phenoxy) is 1. The van der Waals surface area contributed by atoms with Crippen LogP contribution in [-0.2, 0) is 29.7 Å². The van der Waals surface area contributed by atoms with Crippen LogP contribution in [0.15, 0.2) is 40.8 Å². The molecule has 3 rings (SSSR count). The van der Waals surface area contributed by atoms with Crippen LogP contribution in [0.3, 0.4) is 0 Å². The molecule has 0 N–H and O–H groups in total. The smallest absolute Gasteiger partial charge is 0.333 e. The number of hydrogen-bond acceptors (Lipinski definition) is 5. The number of aryl methyl sites for hydroxylation is 1. The Morgan fingerprint density at radius 1 is 1.43 bits per heavy atom. The zero-order valence-electron chi connectivity index (χ0n) is 12.4. The quantitative estimate of drug-likeness (QED) is 0.573. The van der Waals surface area contributed by atoms with Gasteiger partial charge in [0.15, 0.2) is 0 Å². The second kappa shape index (κ2) is 6.72. The van der Waals surface area contributed by atoms with Gasteiger partial charge in [-0.3, -0.25) is 4.68 Å². The molecule has 3 heterocycles. The average molecular weight is 398 g/mol. The molecule has 120 valence electrons. The van der Waals surface area contributed by atoms with E-state index < -0.39 is 0 Å². The Morgan fingerprint density at radius 2 is 2.26 bits per heavy atom. The molecule has 0 unspecified atom stereocenters. The Balaban J connectivity index is 1.84. The number of esters is 1. The third-order valence-electron chi connectivity index (χ3n) is 3.41. The maximum absolute atomic E-state index is 11.4. The van der Waals surface area contributed by atoms with Crippen molar-refractivity contribution in [3.05, 3.63) is 57.2 Å². The molecule has 0 atom stereocenters. The van der Waals surface area contributed by atoms with Crippen molar-refractivity contribution in [3.8, 4) is 0 Å². The van der Waals surface area contributed by atoms with Crippen molar-refractivity contribution >= 4 is 33.5 Å². The maximum Gasteiger partial charge on any atom is 0.333 e. The monoisotopic (exact) mass is 396 g/mol. The van der Waals surface area contributed by atoms with Crippen LogP contribution in [0.5, 0.6) is 0 Å². The third-order valence-corrected chi connectivity index (χ3v) is 4.30. The van der Waals surface area contributed by atoms with Crippen LogP contribution < -0.4 is 0 Å². The average Bonchev–Trinajstić information content (AvgIpc) is 3.06. The van der Waals surface area contributed by atoms with E-state index in [-0.39, 0.29) is 12.6 Å². The second-order valence-electron chi connectivity index (χ2n) is 5.19. The van der Waals surface area contributed by atoms with Crippen LogP contribution in [0.2, 0.25) is 5.15 Å². The molecule has 6 nitrogen and oxygen atoms in total. The fourth-order valence-electron chi connectivity index (χ4n) is 2.32. The Kier molecular flexibility index (Phi) is 4.68. The summed E-state index contributed by atoms with van der Waals surface area (Å²) in [6.07, 6.45) is 5.13. The highest BCUT2D eigenvalue weighted by molar-refractivity contribution is 9.10. The van der Waals surface area contributed by atoms with Crippen molar-refractivity contribution in [2.24, 2.45) is 7.05 Å². The van der Waals surface area contributed by atoms with E-state index in [1.807, 2.05) is 24.2 Å². The number of aromatic nitrogens is 3. The van der Waals surface area contributed by atoms with Crippen molar-refractivity contribution in [2.75, 3.05) is 6.61 Å². The molecule has 0 saturated heterocycles. The van der Waals surface area contributed by atoms with Gasteiger partial charge in [-0.05, 0) is 27.6 Å². The van der Waals surface area contributed by atoms with Crippen molar-refractivity contribution in [2.45, 2.75) is 13.1 Å². The van der Waals surface area contributed by atoms with Gasteiger partial charge in [-0.25, -0.2) is 9.78 Å². The van der Waals surface area contributed by atoms with Crippen LogP contribution in [0.25, 0.3) is 0 Å². The number of nitrogens with zero attached hydrogens (tertiary/aromatic N) is 4. The summed E-state index contributed by atoms with van der Waals surface area (Å²) in [7, 11) is 1.86. The van der Waals surface area contributed by atoms with Gasteiger partial charge in [0.2, 0.25) is 0 Å². The number of carbonyl (C=O) groups excluding carboxylic acids is 1. The molecular formula is C15H14BrClN4O2. The summed E-state index contributed by atoms with van der Waals surface area (Å²) in [4.78, 5) is 17.5. The highest BCUT2D eigenvalue weighted by Crippen LogP contribution is 2.22. The zero-order chi connectivity index (χ0) is 16.4.